The number of hydrogen-bond acceptors (Lipinski definition) is 2. The Morgan fingerprint density at radius 3 is 2.26 bits per heavy atom. The third kappa shape index (κ3) is 2.94. The fraction of sp³-hybridized carbons (Fsp3) is 0.222. The summed E-state index contributed by atoms with van der Waals surface area (Å²) in [5.41, 5.74) is -0.770. The average molecular weight is 349 g/mol. The fourth-order valence-electron chi connectivity index (χ4n) is 1.37. The number of aromatic nitrogens is 2. The van der Waals surface area contributed by atoms with Gasteiger partial charge in [-0.1, -0.05) is 0 Å². The number of imidazole rings is 1. The molecular weight excluding hydrogens is 346 g/mol. The molecule has 1 heterocycles. The van der Waals surface area contributed by atoms with E-state index < -0.39 is 29.6 Å². The van der Waals surface area contributed by atoms with Gasteiger partial charge in [0.1, 0.15) is 5.52 Å². The zero-order valence-corrected chi connectivity index (χ0v) is 10.2. The molecule has 10 heteroatoms. The van der Waals surface area contributed by atoms with E-state index in [1.807, 2.05) is 4.98 Å². The molecule has 0 aliphatic rings. The van der Waals surface area contributed by atoms with Gasteiger partial charge in [-0.05, 0) is 28.1 Å². The van der Waals surface area contributed by atoms with E-state index in [0.29, 0.717) is 0 Å². The van der Waals surface area contributed by atoms with Crippen LogP contribution in [0.3, 0.4) is 0 Å². The number of H-pyrrole nitrogens is 1. The molecule has 0 fully saturated rings. The second-order valence-corrected chi connectivity index (χ2v) is 4.26. The van der Waals surface area contributed by atoms with Crippen LogP contribution in [0.25, 0.3) is 11.0 Å². The molecule has 0 saturated heterocycles. The molecule has 0 spiro atoms. The third-order valence-corrected chi connectivity index (χ3v) is 2.67. The van der Waals surface area contributed by atoms with Crippen LogP contribution in [0.5, 0.6) is 5.75 Å². The molecule has 0 aliphatic heterocycles. The quantitative estimate of drug-likeness (QED) is 0.782. The van der Waals surface area contributed by atoms with Gasteiger partial charge in [0.15, 0.2) is 5.75 Å². The van der Waals surface area contributed by atoms with Gasteiger partial charge >= 0.3 is 12.5 Å². The maximum atomic E-state index is 12.4. The lowest BCUT2D eigenvalue weighted by Crippen LogP contribution is -2.17. The standard InChI is InChI=1S/C9H3BrF6N2O/c10-3-1-2-4-5(6(3)19-9(14,15)16)18-7(17-4)8(11,12)13/h1-2H,(H,17,18). The molecule has 2 rings (SSSR count). The first-order chi connectivity index (χ1) is 8.58. The van der Waals surface area contributed by atoms with Crippen molar-refractivity contribution in [2.45, 2.75) is 12.5 Å². The van der Waals surface area contributed by atoms with Crippen LogP contribution >= 0.6 is 15.9 Å². The molecule has 19 heavy (non-hydrogen) atoms. The Kier molecular flexibility index (Phi) is 3.15. The summed E-state index contributed by atoms with van der Waals surface area (Å²) in [5.74, 6) is -2.22. The zero-order chi connectivity index (χ0) is 14.4. The molecule has 0 aliphatic carbocycles. The smallest absolute Gasteiger partial charge is 0.402 e. The summed E-state index contributed by atoms with van der Waals surface area (Å²) in [7, 11) is 0. The van der Waals surface area contributed by atoms with E-state index >= 15 is 0 Å². The van der Waals surface area contributed by atoms with Gasteiger partial charge < -0.3 is 9.72 Å². The maximum absolute atomic E-state index is 12.4. The maximum Gasteiger partial charge on any atom is 0.573 e. The number of ether oxygens (including phenoxy) is 1. The van der Waals surface area contributed by atoms with Crippen molar-refractivity contribution in [2.75, 3.05) is 0 Å². The number of benzene rings is 1. The summed E-state index contributed by atoms with van der Waals surface area (Å²) in [6.07, 6.45) is -9.82. The summed E-state index contributed by atoms with van der Waals surface area (Å²) in [5, 5.41) is 0. The van der Waals surface area contributed by atoms with Crippen LogP contribution in [0, 0.1) is 0 Å². The van der Waals surface area contributed by atoms with Crippen molar-refractivity contribution in [3.05, 3.63) is 22.4 Å². The Balaban J connectivity index is 2.62. The second kappa shape index (κ2) is 4.29. The van der Waals surface area contributed by atoms with Crippen LogP contribution in [-0.4, -0.2) is 16.3 Å². The van der Waals surface area contributed by atoms with Gasteiger partial charge in [-0.25, -0.2) is 4.98 Å². The van der Waals surface area contributed by atoms with E-state index in [0.717, 1.165) is 12.1 Å². The Bertz CT molecular complexity index is 617. The second-order valence-electron chi connectivity index (χ2n) is 3.40. The molecule has 0 saturated carbocycles. The van der Waals surface area contributed by atoms with Crippen LogP contribution in [-0.2, 0) is 6.18 Å². The van der Waals surface area contributed by atoms with E-state index in [4.69, 9.17) is 0 Å². The van der Waals surface area contributed by atoms with Crippen molar-refractivity contribution < 1.29 is 31.1 Å². The molecule has 3 nitrogen and oxygen atoms in total. The van der Waals surface area contributed by atoms with Crippen molar-refractivity contribution in [1.82, 2.24) is 9.97 Å². The highest BCUT2D eigenvalue weighted by Gasteiger charge is 2.37. The third-order valence-electron chi connectivity index (χ3n) is 2.05. The lowest BCUT2D eigenvalue weighted by molar-refractivity contribution is -0.274. The number of aromatic amines is 1. The van der Waals surface area contributed by atoms with Crippen LogP contribution in [0.1, 0.15) is 5.82 Å². The van der Waals surface area contributed by atoms with Crippen LogP contribution < -0.4 is 4.74 Å². The Hall–Kier alpha value is -1.45. The van der Waals surface area contributed by atoms with Crippen molar-refractivity contribution in [3.63, 3.8) is 0 Å². The summed E-state index contributed by atoms with van der Waals surface area (Å²) in [4.78, 5) is 4.98. The van der Waals surface area contributed by atoms with E-state index in [1.54, 1.807) is 0 Å². The minimum absolute atomic E-state index is 0.155. The lowest BCUT2D eigenvalue weighted by Gasteiger charge is -2.10. The van der Waals surface area contributed by atoms with E-state index in [9.17, 15) is 26.3 Å². The molecular formula is C9H3BrF6N2O. The number of halogens is 7. The highest BCUT2D eigenvalue weighted by molar-refractivity contribution is 9.10. The average Bonchev–Trinajstić information content (AvgIpc) is 2.64. The van der Waals surface area contributed by atoms with E-state index in [1.165, 1.54) is 0 Å². The molecule has 104 valence electrons. The van der Waals surface area contributed by atoms with Gasteiger partial charge in [-0.2, -0.15) is 13.2 Å². The fourth-order valence-corrected chi connectivity index (χ4v) is 1.77. The number of alkyl halides is 6. The van der Waals surface area contributed by atoms with Crippen molar-refractivity contribution in [2.24, 2.45) is 0 Å². The first-order valence-corrected chi connectivity index (χ1v) is 5.38. The van der Waals surface area contributed by atoms with Crippen molar-refractivity contribution in [3.8, 4) is 5.75 Å². The number of rotatable bonds is 1. The highest BCUT2D eigenvalue weighted by atomic mass is 79.9. The van der Waals surface area contributed by atoms with Gasteiger partial charge in [-0.15, -0.1) is 13.2 Å². The minimum atomic E-state index is -5.03. The predicted octanol–water partition coefficient (Wildman–Crippen LogP) is 4.24. The monoisotopic (exact) mass is 348 g/mol. The SMILES string of the molecule is FC(F)(F)Oc1c(Br)ccc2[nH]c(C(F)(F)F)nc12. The molecule has 0 atom stereocenters. The predicted molar refractivity (Wildman–Crippen MR) is 55.5 cm³/mol. The molecule has 0 radical (unpaired) electrons. The number of fused-ring (bicyclic) bond motifs is 1. The van der Waals surface area contributed by atoms with Gasteiger partial charge in [0.05, 0.1) is 9.99 Å². The van der Waals surface area contributed by atoms with Gasteiger partial charge in [0, 0.05) is 0 Å². The zero-order valence-electron chi connectivity index (χ0n) is 8.66. The molecule has 1 aromatic carbocycles. The van der Waals surface area contributed by atoms with Gasteiger partial charge in [-0.3, -0.25) is 0 Å². The highest BCUT2D eigenvalue weighted by Crippen LogP contribution is 2.38. The molecule has 1 N–H and O–H groups in total. The summed E-state index contributed by atoms with van der Waals surface area (Å²) >= 11 is 2.77. The topological polar surface area (TPSA) is 37.9 Å². The first-order valence-electron chi connectivity index (χ1n) is 4.59. The number of nitrogens with zero attached hydrogens (tertiary/aromatic N) is 1. The van der Waals surface area contributed by atoms with E-state index in [-0.39, 0.29) is 9.99 Å². The molecule has 1 aromatic heterocycles. The first kappa shape index (κ1) is 14.0. The Labute approximate surface area is 109 Å². The normalized spacial score (nSPS) is 13.0. The van der Waals surface area contributed by atoms with Gasteiger partial charge in [0.25, 0.3) is 0 Å². The minimum Gasteiger partial charge on any atom is -0.402 e. The van der Waals surface area contributed by atoms with Crippen molar-refractivity contribution in [1.29, 1.82) is 0 Å². The number of nitrogens with one attached hydrogen (secondary N) is 1. The van der Waals surface area contributed by atoms with Gasteiger partial charge in [0.2, 0.25) is 5.82 Å². The number of hydrogen-bond donors (Lipinski definition) is 1. The summed E-state index contributed by atoms with van der Waals surface area (Å²) in [6, 6.07) is 2.28. The van der Waals surface area contributed by atoms with Crippen LogP contribution in [0.2, 0.25) is 0 Å². The lowest BCUT2D eigenvalue weighted by atomic mass is 10.3. The molecule has 2 aromatic rings. The largest absolute Gasteiger partial charge is 0.573 e. The van der Waals surface area contributed by atoms with Crippen LogP contribution in [0.4, 0.5) is 26.3 Å². The molecule has 0 bridgehead atoms. The molecule has 0 unspecified atom stereocenters. The summed E-state index contributed by atoms with van der Waals surface area (Å²) in [6.45, 7) is 0. The molecule has 0 amide bonds. The van der Waals surface area contributed by atoms with Crippen molar-refractivity contribution >= 4 is 27.0 Å². The van der Waals surface area contributed by atoms with E-state index in [2.05, 4.69) is 25.7 Å². The van der Waals surface area contributed by atoms with Crippen LogP contribution in [0.15, 0.2) is 16.6 Å². The Morgan fingerprint density at radius 1 is 1.11 bits per heavy atom. The Morgan fingerprint density at radius 2 is 1.74 bits per heavy atom. The summed E-state index contributed by atoms with van der Waals surface area (Å²) < 4.78 is 77.4.